The van der Waals surface area contributed by atoms with Crippen LogP contribution in [0.15, 0.2) is 18.2 Å². The van der Waals surface area contributed by atoms with Crippen molar-refractivity contribution in [1.29, 1.82) is 0 Å². The molecule has 0 saturated carbocycles. The van der Waals surface area contributed by atoms with Crippen molar-refractivity contribution in [3.8, 4) is 0 Å². The molecule has 0 radical (unpaired) electrons. The first-order valence-corrected chi connectivity index (χ1v) is 7.78. The van der Waals surface area contributed by atoms with Gasteiger partial charge in [-0.1, -0.05) is 11.6 Å². The minimum absolute atomic E-state index is 0. The van der Waals surface area contributed by atoms with Crippen LogP contribution < -0.4 is 15.5 Å². The Labute approximate surface area is 149 Å². The molecule has 1 aromatic rings. The number of hydrogen-bond donors (Lipinski definition) is 2. The number of amides is 2. The van der Waals surface area contributed by atoms with Crippen molar-refractivity contribution in [1.82, 2.24) is 10.6 Å². The molecule has 2 N–H and O–H groups in total. The molecule has 5 nitrogen and oxygen atoms in total. The summed E-state index contributed by atoms with van der Waals surface area (Å²) in [6.07, 6.45) is -0.488. The van der Waals surface area contributed by atoms with E-state index in [-0.39, 0.29) is 42.2 Å². The number of nitrogens with one attached hydrogen (secondary N) is 2. The number of carbonyl (C=O) groups excluding carboxylic acids is 2. The second kappa shape index (κ2) is 7.63. The Morgan fingerprint density at radius 3 is 2.79 bits per heavy atom. The van der Waals surface area contributed by atoms with Gasteiger partial charge in [-0.25, -0.2) is 8.78 Å². The van der Waals surface area contributed by atoms with Crippen LogP contribution in [-0.4, -0.2) is 43.2 Å². The third-order valence-electron chi connectivity index (χ3n) is 4.13. The summed E-state index contributed by atoms with van der Waals surface area (Å²) < 4.78 is 26.3. The summed E-state index contributed by atoms with van der Waals surface area (Å²) >= 11 is 5.73. The number of halogens is 4. The van der Waals surface area contributed by atoms with Crippen LogP contribution in [0, 0.1) is 5.82 Å². The van der Waals surface area contributed by atoms with Crippen LogP contribution in [0.2, 0.25) is 5.02 Å². The smallest absolute Gasteiger partial charge is 0.249 e. The second-order valence-corrected chi connectivity index (χ2v) is 6.14. The molecule has 1 unspecified atom stereocenters. The summed E-state index contributed by atoms with van der Waals surface area (Å²) in [5.74, 6) is -1.21. The van der Waals surface area contributed by atoms with Crippen molar-refractivity contribution in [3.63, 3.8) is 0 Å². The largest absolute Gasteiger partial charge is 0.343 e. The van der Waals surface area contributed by atoms with Gasteiger partial charge in [0.1, 0.15) is 18.0 Å². The number of alkyl halides is 1. The van der Waals surface area contributed by atoms with E-state index >= 15 is 0 Å². The van der Waals surface area contributed by atoms with E-state index in [0.717, 1.165) is 0 Å². The number of benzene rings is 1. The average molecular weight is 380 g/mol. The molecular formula is C15H17Cl2F2N3O2. The first-order chi connectivity index (χ1) is 11.0. The van der Waals surface area contributed by atoms with Crippen molar-refractivity contribution in [3.05, 3.63) is 29.0 Å². The summed E-state index contributed by atoms with van der Waals surface area (Å²) in [4.78, 5) is 25.9. The molecular weight excluding hydrogens is 363 g/mol. The van der Waals surface area contributed by atoms with Gasteiger partial charge in [0.2, 0.25) is 11.8 Å². The first kappa shape index (κ1) is 18.9. The van der Waals surface area contributed by atoms with Gasteiger partial charge in [-0.3, -0.25) is 9.59 Å². The number of nitrogens with zero attached hydrogens (tertiary/aromatic N) is 1. The Balaban J connectivity index is 0.00000208. The van der Waals surface area contributed by atoms with Gasteiger partial charge < -0.3 is 15.5 Å². The van der Waals surface area contributed by atoms with Crippen LogP contribution in [0.4, 0.5) is 14.5 Å². The predicted octanol–water partition coefficient (Wildman–Crippen LogP) is 1.82. The zero-order chi connectivity index (χ0) is 16.6. The summed E-state index contributed by atoms with van der Waals surface area (Å²) in [6, 6.07) is 2.78. The molecule has 0 bridgehead atoms. The summed E-state index contributed by atoms with van der Waals surface area (Å²) in [6.45, 7) is 0.548. The maximum atomic E-state index is 13.2. The van der Waals surface area contributed by atoms with E-state index in [0.29, 0.717) is 18.7 Å². The first-order valence-electron chi connectivity index (χ1n) is 7.40. The van der Waals surface area contributed by atoms with Crippen molar-refractivity contribution in [2.75, 3.05) is 18.0 Å². The molecule has 2 fully saturated rings. The zero-order valence-corrected chi connectivity index (χ0v) is 14.2. The Kier molecular flexibility index (Phi) is 6.01. The maximum Gasteiger partial charge on any atom is 0.249 e. The molecule has 2 amide bonds. The van der Waals surface area contributed by atoms with Crippen molar-refractivity contribution in [2.24, 2.45) is 0 Å². The average Bonchev–Trinajstić information content (AvgIpc) is 3.09. The quantitative estimate of drug-likeness (QED) is 0.841. The molecule has 2 aliphatic heterocycles. The number of hydrogen-bond acceptors (Lipinski definition) is 3. The highest BCUT2D eigenvalue weighted by Gasteiger charge is 2.36. The van der Waals surface area contributed by atoms with Crippen molar-refractivity contribution >= 4 is 41.5 Å². The molecule has 0 aliphatic carbocycles. The Morgan fingerprint density at radius 1 is 1.42 bits per heavy atom. The van der Waals surface area contributed by atoms with E-state index in [2.05, 4.69) is 10.6 Å². The van der Waals surface area contributed by atoms with Gasteiger partial charge in [0.25, 0.3) is 0 Å². The van der Waals surface area contributed by atoms with E-state index in [1.54, 1.807) is 0 Å². The van der Waals surface area contributed by atoms with Gasteiger partial charge >= 0.3 is 0 Å². The SMILES string of the molecule is Cl.O=C(NC1CCN(c2ccc(F)c(Cl)c2)C1=O)[C@H]1C[C@H](F)CN1. The molecule has 9 heteroatoms. The minimum atomic E-state index is -1.04. The van der Waals surface area contributed by atoms with Gasteiger partial charge in [0.05, 0.1) is 11.1 Å². The molecule has 132 valence electrons. The zero-order valence-electron chi connectivity index (χ0n) is 12.6. The Morgan fingerprint density at radius 2 is 2.17 bits per heavy atom. The third-order valence-corrected chi connectivity index (χ3v) is 4.42. The monoisotopic (exact) mass is 379 g/mol. The molecule has 1 aromatic carbocycles. The van der Waals surface area contributed by atoms with E-state index in [9.17, 15) is 18.4 Å². The molecule has 2 saturated heterocycles. The fraction of sp³-hybridized carbons (Fsp3) is 0.467. The van der Waals surface area contributed by atoms with Crippen LogP contribution in [0.3, 0.4) is 0 Å². The summed E-state index contributed by atoms with van der Waals surface area (Å²) in [7, 11) is 0. The molecule has 3 rings (SSSR count). The fourth-order valence-electron chi connectivity index (χ4n) is 2.89. The van der Waals surface area contributed by atoms with Gasteiger partial charge in [0, 0.05) is 25.2 Å². The van der Waals surface area contributed by atoms with E-state index in [1.807, 2.05) is 0 Å². The lowest BCUT2D eigenvalue weighted by Gasteiger charge is -2.18. The minimum Gasteiger partial charge on any atom is -0.343 e. The highest BCUT2D eigenvalue weighted by molar-refractivity contribution is 6.31. The molecule has 0 aromatic heterocycles. The summed E-state index contributed by atoms with van der Waals surface area (Å²) in [5.41, 5.74) is 0.487. The summed E-state index contributed by atoms with van der Waals surface area (Å²) in [5, 5.41) is 5.37. The normalized spacial score (nSPS) is 26.4. The van der Waals surface area contributed by atoms with Crippen LogP contribution in [0.5, 0.6) is 0 Å². The molecule has 3 atom stereocenters. The van der Waals surface area contributed by atoms with Gasteiger partial charge in [-0.05, 0) is 24.6 Å². The van der Waals surface area contributed by atoms with Gasteiger partial charge in [0.15, 0.2) is 0 Å². The highest BCUT2D eigenvalue weighted by atomic mass is 35.5. The van der Waals surface area contributed by atoms with Crippen LogP contribution in [-0.2, 0) is 9.59 Å². The lowest BCUT2D eigenvalue weighted by molar-refractivity contribution is -0.127. The van der Waals surface area contributed by atoms with Crippen molar-refractivity contribution in [2.45, 2.75) is 31.1 Å². The van der Waals surface area contributed by atoms with E-state index in [4.69, 9.17) is 11.6 Å². The van der Waals surface area contributed by atoms with E-state index in [1.165, 1.54) is 23.1 Å². The molecule has 2 aliphatic rings. The molecule has 0 spiro atoms. The lowest BCUT2D eigenvalue weighted by atomic mass is 10.1. The molecule has 2 heterocycles. The van der Waals surface area contributed by atoms with E-state index < -0.39 is 24.1 Å². The predicted molar refractivity (Wildman–Crippen MR) is 88.9 cm³/mol. The van der Waals surface area contributed by atoms with Gasteiger partial charge in [-0.2, -0.15) is 0 Å². The third kappa shape index (κ3) is 3.79. The number of anilines is 1. The Hall–Kier alpha value is -1.44. The lowest BCUT2D eigenvalue weighted by Crippen LogP contribution is -2.48. The number of rotatable bonds is 3. The van der Waals surface area contributed by atoms with Crippen LogP contribution in [0.1, 0.15) is 12.8 Å². The Bertz CT molecular complexity index is 647. The highest BCUT2D eigenvalue weighted by Crippen LogP contribution is 2.26. The molecule has 24 heavy (non-hydrogen) atoms. The van der Waals surface area contributed by atoms with Crippen LogP contribution in [0.25, 0.3) is 0 Å². The second-order valence-electron chi connectivity index (χ2n) is 5.73. The standard InChI is InChI=1S/C15H16ClF2N3O2.ClH/c16-10-6-9(1-2-11(10)18)21-4-3-12(15(21)23)20-14(22)13-5-8(17)7-19-13;/h1-2,6,8,12-13,19H,3-5,7H2,(H,20,22);1H/t8-,12?,13+;/m0./s1. The fourth-order valence-corrected chi connectivity index (χ4v) is 3.06. The van der Waals surface area contributed by atoms with Crippen LogP contribution >= 0.6 is 24.0 Å². The maximum absolute atomic E-state index is 13.2. The van der Waals surface area contributed by atoms with Gasteiger partial charge in [-0.15, -0.1) is 12.4 Å². The number of carbonyl (C=O) groups is 2. The van der Waals surface area contributed by atoms with Crippen molar-refractivity contribution < 1.29 is 18.4 Å². The topological polar surface area (TPSA) is 61.4 Å².